The zero-order valence-electron chi connectivity index (χ0n) is 16.7. The maximum atomic E-state index is 13.0. The highest BCUT2D eigenvalue weighted by Crippen LogP contribution is 2.34. The number of nitrogens with zero attached hydrogens (tertiary/aromatic N) is 1. The molecule has 2 aromatic carbocycles. The first-order valence-corrected chi connectivity index (χ1v) is 9.64. The van der Waals surface area contributed by atoms with Gasteiger partial charge in [0.15, 0.2) is 6.61 Å². The van der Waals surface area contributed by atoms with Gasteiger partial charge in [-0.3, -0.25) is 14.4 Å². The first-order chi connectivity index (χ1) is 14.7. The van der Waals surface area contributed by atoms with Crippen LogP contribution in [0.15, 0.2) is 54.6 Å². The molecule has 1 saturated heterocycles. The summed E-state index contributed by atoms with van der Waals surface area (Å²) in [6.07, 6.45) is -4.68. The Balaban J connectivity index is 1.55. The van der Waals surface area contributed by atoms with Crippen LogP contribution in [0, 0.1) is 5.92 Å². The number of para-hydroxylation sites is 1. The van der Waals surface area contributed by atoms with Gasteiger partial charge in [0.05, 0.1) is 23.2 Å². The molecule has 1 aliphatic heterocycles. The summed E-state index contributed by atoms with van der Waals surface area (Å²) < 4.78 is 44.0. The number of rotatable bonds is 6. The normalized spacial score (nSPS) is 17.4. The average Bonchev–Trinajstić information content (AvgIpc) is 3.13. The number of hydrogen-bond acceptors (Lipinski definition) is 4. The van der Waals surface area contributed by atoms with Crippen molar-refractivity contribution in [1.29, 1.82) is 0 Å². The third kappa shape index (κ3) is 5.42. The van der Waals surface area contributed by atoms with E-state index < -0.39 is 41.8 Å². The molecule has 1 N–H and O–H groups in total. The van der Waals surface area contributed by atoms with E-state index in [1.54, 1.807) is 4.90 Å². The van der Waals surface area contributed by atoms with Crippen molar-refractivity contribution in [3.63, 3.8) is 0 Å². The monoisotopic (exact) mass is 434 g/mol. The highest BCUT2D eigenvalue weighted by molar-refractivity contribution is 5.94. The number of carbonyl (C=O) groups is 3. The Labute approximate surface area is 177 Å². The number of carbonyl (C=O) groups excluding carboxylic acids is 3. The minimum atomic E-state index is -4.64. The topological polar surface area (TPSA) is 75.7 Å². The summed E-state index contributed by atoms with van der Waals surface area (Å²) >= 11 is 0. The second-order valence-corrected chi connectivity index (χ2v) is 7.23. The molecule has 0 saturated carbocycles. The molecule has 2 amide bonds. The van der Waals surface area contributed by atoms with Crippen LogP contribution in [0.4, 0.5) is 18.9 Å². The number of hydrogen-bond donors (Lipinski definition) is 1. The van der Waals surface area contributed by atoms with Crippen LogP contribution in [0.2, 0.25) is 0 Å². The number of alkyl halides is 3. The molecule has 2 atom stereocenters. The molecule has 164 valence electrons. The van der Waals surface area contributed by atoms with Crippen LogP contribution in [0.1, 0.15) is 30.5 Å². The highest BCUT2D eigenvalue weighted by atomic mass is 19.4. The Morgan fingerprint density at radius 1 is 1.13 bits per heavy atom. The number of anilines is 1. The number of halogens is 3. The van der Waals surface area contributed by atoms with Crippen LogP contribution < -0.4 is 5.32 Å². The summed E-state index contributed by atoms with van der Waals surface area (Å²) in [5, 5.41) is 2.11. The summed E-state index contributed by atoms with van der Waals surface area (Å²) in [7, 11) is 0. The van der Waals surface area contributed by atoms with Crippen molar-refractivity contribution in [3.05, 3.63) is 65.7 Å². The molecule has 1 fully saturated rings. The molecular weight excluding hydrogens is 413 g/mol. The zero-order valence-corrected chi connectivity index (χ0v) is 16.7. The molecule has 0 aromatic heterocycles. The Bertz CT molecular complexity index is 963. The van der Waals surface area contributed by atoms with Crippen LogP contribution in [-0.2, 0) is 25.3 Å². The van der Waals surface area contributed by atoms with Crippen molar-refractivity contribution in [2.24, 2.45) is 5.92 Å². The molecule has 31 heavy (non-hydrogen) atoms. The van der Waals surface area contributed by atoms with Crippen molar-refractivity contribution < 1.29 is 32.3 Å². The number of amides is 2. The van der Waals surface area contributed by atoms with E-state index in [-0.39, 0.29) is 24.9 Å². The van der Waals surface area contributed by atoms with Gasteiger partial charge in [-0.2, -0.15) is 13.2 Å². The highest BCUT2D eigenvalue weighted by Gasteiger charge is 2.38. The third-order valence-electron chi connectivity index (χ3n) is 5.09. The first kappa shape index (κ1) is 22.3. The van der Waals surface area contributed by atoms with Gasteiger partial charge in [-0.1, -0.05) is 42.5 Å². The lowest BCUT2D eigenvalue weighted by Crippen LogP contribution is -2.30. The van der Waals surface area contributed by atoms with Crippen LogP contribution >= 0.6 is 0 Å². The molecule has 1 heterocycles. The van der Waals surface area contributed by atoms with E-state index in [1.807, 2.05) is 37.3 Å². The fourth-order valence-corrected chi connectivity index (χ4v) is 3.46. The third-order valence-corrected chi connectivity index (χ3v) is 5.09. The minimum absolute atomic E-state index is 0.0471. The molecular formula is C22H21F3N2O4. The van der Waals surface area contributed by atoms with Crippen LogP contribution in [-0.4, -0.2) is 35.8 Å². The average molecular weight is 434 g/mol. The van der Waals surface area contributed by atoms with E-state index in [2.05, 4.69) is 5.32 Å². The molecule has 2 aromatic rings. The van der Waals surface area contributed by atoms with Gasteiger partial charge in [0.1, 0.15) is 0 Å². The summed E-state index contributed by atoms with van der Waals surface area (Å²) in [6.45, 7) is 1.25. The first-order valence-electron chi connectivity index (χ1n) is 9.64. The molecule has 9 heteroatoms. The maximum Gasteiger partial charge on any atom is 0.418 e. The van der Waals surface area contributed by atoms with Crippen LogP contribution in [0.5, 0.6) is 0 Å². The predicted molar refractivity (Wildman–Crippen MR) is 106 cm³/mol. The van der Waals surface area contributed by atoms with E-state index in [0.717, 1.165) is 17.7 Å². The van der Waals surface area contributed by atoms with Gasteiger partial charge >= 0.3 is 12.1 Å². The van der Waals surface area contributed by atoms with Crippen molar-refractivity contribution in [2.75, 3.05) is 18.5 Å². The Morgan fingerprint density at radius 3 is 2.45 bits per heavy atom. The number of esters is 1. The molecule has 6 nitrogen and oxygen atoms in total. The molecule has 0 spiro atoms. The predicted octanol–water partition coefficient (Wildman–Crippen LogP) is 3.80. The molecule has 0 bridgehead atoms. The number of nitrogens with one attached hydrogen (secondary N) is 1. The standard InChI is InChI=1S/C22H21F3N2O4/c1-14(15-7-3-2-4-8-15)27-12-16(11-20(27)29)21(30)31-13-19(28)26-18-10-6-5-9-17(18)22(23,24)25/h2-10,14,16H,11-13H2,1H3,(H,26,28)/t14-,16-/m1/s1. The van der Waals surface area contributed by atoms with Crippen molar-refractivity contribution in [2.45, 2.75) is 25.6 Å². The summed E-state index contributed by atoms with van der Waals surface area (Å²) in [6, 6.07) is 13.6. The smallest absolute Gasteiger partial charge is 0.418 e. The van der Waals surface area contributed by atoms with Crippen molar-refractivity contribution in [3.8, 4) is 0 Å². The fourth-order valence-electron chi connectivity index (χ4n) is 3.46. The Hall–Kier alpha value is -3.36. The molecule has 3 rings (SSSR count). The Kier molecular flexibility index (Phi) is 6.62. The van der Waals surface area contributed by atoms with Crippen LogP contribution in [0.25, 0.3) is 0 Å². The molecule has 0 radical (unpaired) electrons. The van der Waals surface area contributed by atoms with Crippen LogP contribution in [0.3, 0.4) is 0 Å². The second-order valence-electron chi connectivity index (χ2n) is 7.23. The molecule has 1 aliphatic rings. The second kappa shape index (κ2) is 9.20. The number of likely N-dealkylation sites (tertiary alicyclic amines) is 1. The summed E-state index contributed by atoms with van der Waals surface area (Å²) in [5.74, 6) is -2.59. The number of benzene rings is 2. The van der Waals surface area contributed by atoms with E-state index >= 15 is 0 Å². The van der Waals surface area contributed by atoms with Gasteiger partial charge in [0.25, 0.3) is 5.91 Å². The maximum absolute atomic E-state index is 13.0. The molecule has 0 unspecified atom stereocenters. The zero-order chi connectivity index (χ0) is 22.6. The van der Waals surface area contributed by atoms with E-state index in [4.69, 9.17) is 4.74 Å². The largest absolute Gasteiger partial charge is 0.455 e. The minimum Gasteiger partial charge on any atom is -0.455 e. The van der Waals surface area contributed by atoms with Crippen molar-refractivity contribution in [1.82, 2.24) is 4.90 Å². The summed E-state index contributed by atoms with van der Waals surface area (Å²) in [5.41, 5.74) is -0.496. The van der Waals surface area contributed by atoms with E-state index in [0.29, 0.717) is 0 Å². The molecule has 0 aliphatic carbocycles. The lowest BCUT2D eigenvalue weighted by Gasteiger charge is -2.25. The number of ether oxygens (including phenoxy) is 1. The Morgan fingerprint density at radius 2 is 1.77 bits per heavy atom. The lowest BCUT2D eigenvalue weighted by atomic mass is 10.1. The lowest BCUT2D eigenvalue weighted by molar-refractivity contribution is -0.151. The van der Waals surface area contributed by atoms with Gasteiger partial charge in [-0.05, 0) is 24.6 Å². The van der Waals surface area contributed by atoms with E-state index in [9.17, 15) is 27.6 Å². The fraction of sp³-hybridized carbons (Fsp3) is 0.318. The van der Waals surface area contributed by atoms with Gasteiger partial charge in [0, 0.05) is 13.0 Å². The van der Waals surface area contributed by atoms with Gasteiger partial charge in [0.2, 0.25) is 5.91 Å². The van der Waals surface area contributed by atoms with Gasteiger partial charge in [-0.15, -0.1) is 0 Å². The van der Waals surface area contributed by atoms with Crippen molar-refractivity contribution >= 4 is 23.5 Å². The quantitative estimate of drug-likeness (QED) is 0.702. The summed E-state index contributed by atoms with van der Waals surface area (Å²) in [4.78, 5) is 38.2. The van der Waals surface area contributed by atoms with E-state index in [1.165, 1.54) is 12.1 Å². The SMILES string of the molecule is C[C@H](c1ccccc1)N1C[C@H](C(=O)OCC(=O)Nc2ccccc2C(F)(F)F)CC1=O. The van der Waals surface area contributed by atoms with Gasteiger partial charge < -0.3 is 15.0 Å². The van der Waals surface area contributed by atoms with Gasteiger partial charge in [-0.25, -0.2) is 0 Å².